The molecule has 0 radical (unpaired) electrons. The zero-order valence-corrected chi connectivity index (χ0v) is 11.0. The van der Waals surface area contributed by atoms with E-state index in [1.807, 2.05) is 0 Å². The molecular weight excluding hydrogens is 214 g/mol. The summed E-state index contributed by atoms with van der Waals surface area (Å²) in [5.41, 5.74) is -0.123. The van der Waals surface area contributed by atoms with E-state index >= 15 is 0 Å². The van der Waals surface area contributed by atoms with Gasteiger partial charge in [0.15, 0.2) is 0 Å². The van der Waals surface area contributed by atoms with Crippen molar-refractivity contribution in [3.8, 4) is 6.07 Å². The van der Waals surface area contributed by atoms with Gasteiger partial charge in [-0.25, -0.2) is 4.79 Å². The summed E-state index contributed by atoms with van der Waals surface area (Å²) in [6, 6.07) is 1.68. The van der Waals surface area contributed by atoms with Crippen molar-refractivity contribution >= 4 is 5.97 Å². The van der Waals surface area contributed by atoms with Gasteiger partial charge in [-0.05, 0) is 12.3 Å². The standard InChI is InChI=1S/C14H23NO2/c1-12(2)9-7-5-4-6-8-10-17-14(16)13(3)11-15/h12H,3-10H2,1-2H3. The van der Waals surface area contributed by atoms with E-state index in [9.17, 15) is 4.79 Å². The van der Waals surface area contributed by atoms with E-state index in [0.29, 0.717) is 6.61 Å². The van der Waals surface area contributed by atoms with Crippen molar-refractivity contribution in [1.82, 2.24) is 0 Å². The Morgan fingerprint density at radius 3 is 2.41 bits per heavy atom. The fourth-order valence-corrected chi connectivity index (χ4v) is 1.48. The molecule has 0 N–H and O–H groups in total. The first-order valence-corrected chi connectivity index (χ1v) is 6.34. The van der Waals surface area contributed by atoms with Gasteiger partial charge in [0, 0.05) is 0 Å². The molecule has 0 aliphatic carbocycles. The first kappa shape index (κ1) is 15.7. The summed E-state index contributed by atoms with van der Waals surface area (Å²) in [7, 11) is 0. The van der Waals surface area contributed by atoms with Gasteiger partial charge in [0.25, 0.3) is 0 Å². The van der Waals surface area contributed by atoms with Gasteiger partial charge >= 0.3 is 5.97 Å². The van der Waals surface area contributed by atoms with Crippen molar-refractivity contribution in [3.63, 3.8) is 0 Å². The van der Waals surface area contributed by atoms with Gasteiger partial charge in [-0.1, -0.05) is 52.5 Å². The fourth-order valence-electron chi connectivity index (χ4n) is 1.48. The summed E-state index contributed by atoms with van der Waals surface area (Å²) in [5, 5.41) is 8.40. The van der Waals surface area contributed by atoms with Crippen molar-refractivity contribution < 1.29 is 9.53 Å². The number of esters is 1. The van der Waals surface area contributed by atoms with Gasteiger partial charge < -0.3 is 4.74 Å². The Morgan fingerprint density at radius 1 is 1.24 bits per heavy atom. The molecule has 0 fully saturated rings. The summed E-state index contributed by atoms with van der Waals surface area (Å²) < 4.78 is 4.88. The molecule has 0 heterocycles. The third-order valence-corrected chi connectivity index (χ3v) is 2.54. The molecule has 3 nitrogen and oxygen atoms in total. The maximum absolute atomic E-state index is 11.0. The molecular formula is C14H23NO2. The highest BCUT2D eigenvalue weighted by Gasteiger charge is 2.06. The zero-order valence-electron chi connectivity index (χ0n) is 11.0. The molecule has 0 bridgehead atoms. The lowest BCUT2D eigenvalue weighted by molar-refractivity contribution is -0.138. The van der Waals surface area contributed by atoms with Crippen molar-refractivity contribution in [3.05, 3.63) is 12.2 Å². The Labute approximate surface area is 104 Å². The molecule has 3 heteroatoms. The van der Waals surface area contributed by atoms with E-state index in [-0.39, 0.29) is 5.57 Å². The third kappa shape index (κ3) is 9.62. The minimum Gasteiger partial charge on any atom is -0.462 e. The Balaban J connectivity index is 3.27. The van der Waals surface area contributed by atoms with Crippen LogP contribution in [0, 0.1) is 17.2 Å². The van der Waals surface area contributed by atoms with E-state index in [4.69, 9.17) is 10.00 Å². The van der Waals surface area contributed by atoms with Crippen molar-refractivity contribution in [2.75, 3.05) is 6.61 Å². The van der Waals surface area contributed by atoms with E-state index in [1.54, 1.807) is 6.07 Å². The molecule has 0 saturated carbocycles. The van der Waals surface area contributed by atoms with Gasteiger partial charge in [-0.2, -0.15) is 5.26 Å². The second-order valence-electron chi connectivity index (χ2n) is 4.68. The van der Waals surface area contributed by atoms with Gasteiger partial charge in [0.1, 0.15) is 11.6 Å². The summed E-state index contributed by atoms with van der Waals surface area (Å²) in [6.07, 6.45) is 6.94. The molecule has 0 aliphatic heterocycles. The van der Waals surface area contributed by atoms with Gasteiger partial charge in [-0.3, -0.25) is 0 Å². The predicted octanol–water partition coefficient (Wildman–Crippen LogP) is 3.61. The highest BCUT2D eigenvalue weighted by molar-refractivity contribution is 5.91. The van der Waals surface area contributed by atoms with Crippen LogP contribution in [0.5, 0.6) is 0 Å². The Kier molecular flexibility index (Phi) is 9.14. The number of carbonyl (C=O) groups excluding carboxylic acids is 1. The monoisotopic (exact) mass is 237 g/mol. The smallest absolute Gasteiger partial charge is 0.348 e. The first-order valence-electron chi connectivity index (χ1n) is 6.34. The van der Waals surface area contributed by atoms with Crippen LogP contribution in [0.15, 0.2) is 12.2 Å². The first-order chi connectivity index (χ1) is 8.07. The third-order valence-electron chi connectivity index (χ3n) is 2.54. The minimum atomic E-state index is -0.590. The number of hydrogen-bond donors (Lipinski definition) is 0. The summed E-state index contributed by atoms with van der Waals surface area (Å²) in [5.74, 6) is 0.195. The fraction of sp³-hybridized carbons (Fsp3) is 0.714. The lowest BCUT2D eigenvalue weighted by Gasteiger charge is -2.05. The molecule has 0 aromatic rings. The van der Waals surface area contributed by atoms with Crippen molar-refractivity contribution in [2.24, 2.45) is 5.92 Å². The Hall–Kier alpha value is -1.30. The van der Waals surface area contributed by atoms with E-state index in [1.165, 1.54) is 25.7 Å². The van der Waals surface area contributed by atoms with Gasteiger partial charge in [0.2, 0.25) is 0 Å². The largest absolute Gasteiger partial charge is 0.462 e. The van der Waals surface area contributed by atoms with E-state index < -0.39 is 5.97 Å². The summed E-state index contributed by atoms with van der Waals surface area (Å²) in [6.45, 7) is 8.16. The van der Waals surface area contributed by atoms with Crippen LogP contribution in [0.4, 0.5) is 0 Å². The van der Waals surface area contributed by atoms with Crippen LogP contribution >= 0.6 is 0 Å². The molecule has 0 aliphatic rings. The van der Waals surface area contributed by atoms with E-state index in [2.05, 4.69) is 20.4 Å². The van der Waals surface area contributed by atoms with Crippen molar-refractivity contribution in [1.29, 1.82) is 5.26 Å². The Morgan fingerprint density at radius 2 is 1.82 bits per heavy atom. The lowest BCUT2D eigenvalue weighted by atomic mass is 10.0. The topological polar surface area (TPSA) is 50.1 Å². The second kappa shape index (κ2) is 9.89. The molecule has 0 amide bonds. The average molecular weight is 237 g/mol. The molecule has 0 unspecified atom stereocenters. The SMILES string of the molecule is C=C(C#N)C(=O)OCCCCCCCC(C)C. The summed E-state index contributed by atoms with van der Waals surface area (Å²) in [4.78, 5) is 11.0. The van der Waals surface area contributed by atoms with Crippen molar-refractivity contribution in [2.45, 2.75) is 52.4 Å². The quantitative estimate of drug-likeness (QED) is 0.266. The highest BCUT2D eigenvalue weighted by Crippen LogP contribution is 2.10. The van der Waals surface area contributed by atoms with Crippen LogP contribution in [0.3, 0.4) is 0 Å². The number of rotatable bonds is 9. The maximum Gasteiger partial charge on any atom is 0.348 e. The summed E-state index contributed by atoms with van der Waals surface area (Å²) >= 11 is 0. The number of unbranched alkanes of at least 4 members (excludes halogenated alkanes) is 4. The zero-order chi connectivity index (χ0) is 13.1. The molecule has 0 spiro atoms. The van der Waals surface area contributed by atoms with Crippen LogP contribution in [0.25, 0.3) is 0 Å². The number of hydrogen-bond acceptors (Lipinski definition) is 3. The Bertz CT molecular complexity index is 276. The van der Waals surface area contributed by atoms with Gasteiger partial charge in [-0.15, -0.1) is 0 Å². The number of ether oxygens (including phenoxy) is 1. The number of nitrogens with zero attached hydrogens (tertiary/aromatic N) is 1. The number of carbonyl (C=O) groups is 1. The number of nitriles is 1. The lowest BCUT2D eigenvalue weighted by Crippen LogP contribution is -2.06. The van der Waals surface area contributed by atoms with Crippen LogP contribution in [-0.2, 0) is 9.53 Å². The average Bonchev–Trinajstić information content (AvgIpc) is 2.30. The molecule has 0 aromatic heterocycles. The molecule has 0 aromatic carbocycles. The molecule has 96 valence electrons. The normalized spacial score (nSPS) is 10.0. The second-order valence-corrected chi connectivity index (χ2v) is 4.68. The maximum atomic E-state index is 11.0. The predicted molar refractivity (Wildman–Crippen MR) is 68.3 cm³/mol. The van der Waals surface area contributed by atoms with Crippen LogP contribution in [0.1, 0.15) is 52.4 Å². The molecule has 0 atom stereocenters. The van der Waals surface area contributed by atoms with Gasteiger partial charge in [0.05, 0.1) is 6.61 Å². The van der Waals surface area contributed by atoms with Crippen LogP contribution in [-0.4, -0.2) is 12.6 Å². The van der Waals surface area contributed by atoms with Crippen LogP contribution < -0.4 is 0 Å². The van der Waals surface area contributed by atoms with Crippen LogP contribution in [0.2, 0.25) is 0 Å². The van der Waals surface area contributed by atoms with E-state index in [0.717, 1.165) is 18.8 Å². The molecule has 17 heavy (non-hydrogen) atoms. The molecule has 0 saturated heterocycles. The minimum absolute atomic E-state index is 0.123. The molecule has 0 rings (SSSR count). The highest BCUT2D eigenvalue weighted by atomic mass is 16.5.